The number of carboxylic acids is 1. The highest BCUT2D eigenvalue weighted by Crippen LogP contribution is 2.23. The molecule has 1 aromatic heterocycles. The Balaban J connectivity index is 2.59. The first-order valence-electron chi connectivity index (χ1n) is 5.02. The lowest BCUT2D eigenvalue weighted by Crippen LogP contribution is -2.29. The number of hydrogen-bond acceptors (Lipinski definition) is 4. The van der Waals surface area contributed by atoms with Gasteiger partial charge < -0.3 is 15.2 Å². The van der Waals surface area contributed by atoms with Gasteiger partial charge in [0, 0.05) is 7.11 Å². The molecule has 0 aromatic carbocycles. The molecule has 0 radical (unpaired) electrons. The Morgan fingerprint density at radius 1 is 1.47 bits per heavy atom. The molecule has 2 N–H and O–H groups in total. The van der Waals surface area contributed by atoms with Crippen LogP contribution in [0.1, 0.15) is 29.9 Å². The van der Waals surface area contributed by atoms with Gasteiger partial charge in [-0.2, -0.15) is 0 Å². The average molecular weight is 257 g/mol. The van der Waals surface area contributed by atoms with Gasteiger partial charge in [0.1, 0.15) is 4.88 Å². The second-order valence-corrected chi connectivity index (χ2v) is 5.24. The van der Waals surface area contributed by atoms with Crippen molar-refractivity contribution in [2.75, 3.05) is 12.4 Å². The Morgan fingerprint density at radius 3 is 2.59 bits per heavy atom. The first-order valence-corrected chi connectivity index (χ1v) is 5.84. The van der Waals surface area contributed by atoms with Gasteiger partial charge in [0.05, 0.1) is 17.0 Å². The number of thiophene rings is 1. The van der Waals surface area contributed by atoms with Gasteiger partial charge in [-0.3, -0.25) is 4.79 Å². The van der Waals surface area contributed by atoms with Crippen molar-refractivity contribution in [3.63, 3.8) is 0 Å². The quantitative estimate of drug-likeness (QED) is 0.848. The zero-order chi connectivity index (χ0) is 13.1. The van der Waals surface area contributed by atoms with E-state index >= 15 is 0 Å². The fraction of sp³-hybridized carbons (Fsp3) is 0.455. The van der Waals surface area contributed by atoms with Crippen molar-refractivity contribution in [2.45, 2.75) is 25.9 Å². The molecule has 0 aliphatic heterocycles. The number of carboxylic acid groups (broad SMARTS) is 1. The molecule has 1 rings (SSSR count). The number of nitrogens with one attached hydrogen (secondary N) is 1. The molecule has 0 saturated heterocycles. The van der Waals surface area contributed by atoms with Crippen molar-refractivity contribution in [3.05, 3.63) is 17.0 Å². The molecule has 0 fully saturated rings. The van der Waals surface area contributed by atoms with E-state index < -0.39 is 11.6 Å². The Hall–Kier alpha value is -1.40. The number of hydrogen-bond donors (Lipinski definition) is 2. The summed E-state index contributed by atoms with van der Waals surface area (Å²) < 4.78 is 5.14. The molecule has 1 heterocycles. The monoisotopic (exact) mass is 257 g/mol. The summed E-state index contributed by atoms with van der Waals surface area (Å²) in [6.07, 6.45) is 0.212. The number of anilines is 1. The fourth-order valence-corrected chi connectivity index (χ4v) is 1.92. The van der Waals surface area contributed by atoms with Crippen molar-refractivity contribution < 1.29 is 19.4 Å². The van der Waals surface area contributed by atoms with E-state index in [0.717, 1.165) is 11.3 Å². The first kappa shape index (κ1) is 13.7. The maximum atomic E-state index is 11.6. The normalized spacial score (nSPS) is 11.2. The van der Waals surface area contributed by atoms with Gasteiger partial charge in [0.15, 0.2) is 0 Å². The lowest BCUT2D eigenvalue weighted by molar-refractivity contribution is -0.121. The highest BCUT2D eigenvalue weighted by Gasteiger charge is 2.21. The predicted molar refractivity (Wildman–Crippen MR) is 65.6 cm³/mol. The van der Waals surface area contributed by atoms with E-state index in [-0.39, 0.29) is 17.2 Å². The van der Waals surface area contributed by atoms with Crippen LogP contribution in [0, 0.1) is 0 Å². The minimum absolute atomic E-state index is 0.198. The molecule has 17 heavy (non-hydrogen) atoms. The molecular formula is C11H15NO4S. The van der Waals surface area contributed by atoms with Gasteiger partial charge in [0.2, 0.25) is 5.91 Å². The maximum Gasteiger partial charge on any atom is 0.345 e. The average Bonchev–Trinajstić information content (AvgIpc) is 2.65. The Labute approximate surface area is 103 Å². The molecule has 1 amide bonds. The third kappa shape index (κ3) is 4.16. The fourth-order valence-electron chi connectivity index (χ4n) is 1.16. The smallest absolute Gasteiger partial charge is 0.345 e. The summed E-state index contributed by atoms with van der Waals surface area (Å²) in [5, 5.41) is 11.9. The summed E-state index contributed by atoms with van der Waals surface area (Å²) in [5.41, 5.74) is -0.531. The zero-order valence-electron chi connectivity index (χ0n) is 9.94. The van der Waals surface area contributed by atoms with E-state index in [9.17, 15) is 9.59 Å². The predicted octanol–water partition coefficient (Wildman–Crippen LogP) is 2.20. The Kier molecular flexibility index (Phi) is 4.25. The van der Waals surface area contributed by atoms with Gasteiger partial charge in [-0.15, -0.1) is 11.3 Å². The molecule has 0 spiro atoms. The Morgan fingerprint density at radius 2 is 2.12 bits per heavy atom. The van der Waals surface area contributed by atoms with E-state index in [1.54, 1.807) is 13.2 Å². The van der Waals surface area contributed by atoms with Crippen LogP contribution in [0.25, 0.3) is 0 Å². The van der Waals surface area contributed by atoms with Gasteiger partial charge in [-0.25, -0.2) is 4.79 Å². The molecule has 0 saturated carbocycles. The minimum atomic E-state index is -0.993. The highest BCUT2D eigenvalue weighted by atomic mass is 32.1. The van der Waals surface area contributed by atoms with Crippen LogP contribution in [0.2, 0.25) is 0 Å². The number of ether oxygens (including phenoxy) is 1. The van der Waals surface area contributed by atoms with Gasteiger partial charge in [-0.05, 0) is 26.0 Å². The van der Waals surface area contributed by atoms with Crippen LogP contribution < -0.4 is 5.32 Å². The number of methoxy groups -OCH3 is 1. The molecule has 94 valence electrons. The number of carbonyl (C=O) groups excluding carboxylic acids is 1. The van der Waals surface area contributed by atoms with Crippen molar-refractivity contribution in [3.8, 4) is 0 Å². The summed E-state index contributed by atoms with van der Waals surface area (Å²) in [5.74, 6) is -1.19. The zero-order valence-corrected chi connectivity index (χ0v) is 10.8. The molecule has 0 aliphatic carbocycles. The molecule has 0 unspecified atom stereocenters. The largest absolute Gasteiger partial charge is 0.477 e. The third-order valence-electron chi connectivity index (χ3n) is 2.22. The molecule has 0 atom stereocenters. The molecule has 0 bridgehead atoms. The van der Waals surface area contributed by atoms with Crippen LogP contribution in [0.5, 0.6) is 0 Å². The van der Waals surface area contributed by atoms with E-state index in [4.69, 9.17) is 9.84 Å². The number of rotatable bonds is 5. The Bertz CT molecular complexity index is 425. The summed E-state index contributed by atoms with van der Waals surface area (Å²) in [6, 6.07) is 3.04. The number of aromatic carboxylic acids is 1. The van der Waals surface area contributed by atoms with Crippen LogP contribution in [0.4, 0.5) is 5.00 Å². The summed E-state index contributed by atoms with van der Waals surface area (Å²) in [7, 11) is 1.54. The SMILES string of the molecule is COC(C)(C)CC(=O)Nc1ccc(C(=O)O)s1. The van der Waals surface area contributed by atoms with Crippen LogP contribution in [0.15, 0.2) is 12.1 Å². The van der Waals surface area contributed by atoms with E-state index in [2.05, 4.69) is 5.32 Å². The van der Waals surface area contributed by atoms with E-state index in [1.165, 1.54) is 6.07 Å². The van der Waals surface area contributed by atoms with Crippen LogP contribution in [-0.4, -0.2) is 29.7 Å². The number of carbonyl (C=O) groups is 2. The maximum absolute atomic E-state index is 11.6. The molecular weight excluding hydrogens is 242 g/mol. The highest BCUT2D eigenvalue weighted by molar-refractivity contribution is 7.18. The summed E-state index contributed by atoms with van der Waals surface area (Å²) in [4.78, 5) is 22.5. The van der Waals surface area contributed by atoms with Crippen molar-refractivity contribution in [1.82, 2.24) is 0 Å². The van der Waals surface area contributed by atoms with Gasteiger partial charge in [0.25, 0.3) is 0 Å². The van der Waals surface area contributed by atoms with E-state index in [1.807, 2.05) is 13.8 Å². The summed E-state index contributed by atoms with van der Waals surface area (Å²) >= 11 is 1.03. The molecule has 5 nitrogen and oxygen atoms in total. The third-order valence-corrected chi connectivity index (χ3v) is 3.21. The molecule has 0 aliphatic rings. The summed E-state index contributed by atoms with van der Waals surface area (Å²) in [6.45, 7) is 3.62. The van der Waals surface area contributed by atoms with Crippen LogP contribution in [-0.2, 0) is 9.53 Å². The van der Waals surface area contributed by atoms with Crippen LogP contribution in [0.3, 0.4) is 0 Å². The van der Waals surface area contributed by atoms with Crippen LogP contribution >= 0.6 is 11.3 Å². The van der Waals surface area contributed by atoms with Crippen molar-refractivity contribution in [1.29, 1.82) is 0 Å². The first-order chi connectivity index (χ1) is 7.84. The van der Waals surface area contributed by atoms with Crippen molar-refractivity contribution >= 4 is 28.2 Å². The van der Waals surface area contributed by atoms with E-state index in [0.29, 0.717) is 5.00 Å². The number of amides is 1. The molecule has 1 aromatic rings. The second-order valence-electron chi connectivity index (χ2n) is 4.16. The van der Waals surface area contributed by atoms with Gasteiger partial charge >= 0.3 is 5.97 Å². The van der Waals surface area contributed by atoms with Crippen molar-refractivity contribution in [2.24, 2.45) is 0 Å². The second kappa shape index (κ2) is 5.29. The van der Waals surface area contributed by atoms with Gasteiger partial charge in [-0.1, -0.05) is 0 Å². The lowest BCUT2D eigenvalue weighted by Gasteiger charge is -2.21. The standard InChI is InChI=1S/C11H15NO4S/c1-11(2,16-3)6-8(13)12-9-5-4-7(17-9)10(14)15/h4-5H,6H2,1-3H3,(H,12,13)(H,14,15). The topological polar surface area (TPSA) is 75.6 Å². The minimum Gasteiger partial charge on any atom is -0.477 e. The lowest BCUT2D eigenvalue weighted by atomic mass is 10.1. The molecule has 6 heteroatoms.